The fourth-order valence-electron chi connectivity index (χ4n) is 2.44. The number of nitro groups is 1. The minimum atomic E-state index is -1.11. The van der Waals surface area contributed by atoms with Gasteiger partial charge < -0.3 is 10.4 Å². The highest BCUT2D eigenvalue weighted by Gasteiger charge is 2.40. The number of carboxylic acid groups (broad SMARTS) is 1. The van der Waals surface area contributed by atoms with Crippen molar-refractivity contribution in [2.45, 2.75) is 37.6 Å². The number of carboxylic acids is 1. The lowest BCUT2D eigenvalue weighted by atomic mass is 9.81. The smallest absolute Gasteiger partial charge is 0.329 e. The summed E-state index contributed by atoms with van der Waals surface area (Å²) in [5.41, 5.74) is -1.09. The Bertz CT molecular complexity index is 498. The largest absolute Gasteiger partial charge is 0.480 e. The van der Waals surface area contributed by atoms with E-state index < -0.39 is 16.4 Å². The molecule has 0 bridgehead atoms. The molecule has 7 heteroatoms. The van der Waals surface area contributed by atoms with Crippen LogP contribution < -0.4 is 5.32 Å². The maximum absolute atomic E-state index is 11.5. The van der Waals surface area contributed by atoms with Gasteiger partial charge in [0.05, 0.1) is 4.92 Å². The van der Waals surface area contributed by atoms with Crippen LogP contribution in [0.25, 0.3) is 0 Å². The van der Waals surface area contributed by atoms with Gasteiger partial charge in [-0.1, -0.05) is 19.3 Å². The third-order valence-corrected chi connectivity index (χ3v) is 3.49. The van der Waals surface area contributed by atoms with Gasteiger partial charge in [-0.05, 0) is 18.9 Å². The number of nitrogens with zero attached hydrogens (tertiary/aromatic N) is 2. The summed E-state index contributed by atoms with van der Waals surface area (Å²) in [7, 11) is 0. The molecule has 1 aliphatic carbocycles. The van der Waals surface area contributed by atoms with E-state index in [1.807, 2.05) is 0 Å². The summed E-state index contributed by atoms with van der Waals surface area (Å²) < 4.78 is 0. The molecule has 0 spiro atoms. The van der Waals surface area contributed by atoms with E-state index in [1.165, 1.54) is 12.3 Å². The second-order valence-corrected chi connectivity index (χ2v) is 4.72. The first-order valence-electron chi connectivity index (χ1n) is 6.15. The summed E-state index contributed by atoms with van der Waals surface area (Å²) in [5.74, 6) is -0.960. The van der Waals surface area contributed by atoms with Crippen LogP contribution in [0.2, 0.25) is 0 Å². The highest BCUT2D eigenvalue weighted by molar-refractivity contribution is 5.84. The summed E-state index contributed by atoms with van der Waals surface area (Å²) in [6.45, 7) is 0. The van der Waals surface area contributed by atoms with Crippen LogP contribution in [0.3, 0.4) is 0 Å². The molecular weight excluding hydrogens is 250 g/mol. The predicted molar refractivity (Wildman–Crippen MR) is 68.0 cm³/mol. The molecule has 2 N–H and O–H groups in total. The molecule has 0 unspecified atom stereocenters. The van der Waals surface area contributed by atoms with Crippen molar-refractivity contribution >= 4 is 17.3 Å². The Hall–Kier alpha value is -2.18. The zero-order valence-corrected chi connectivity index (χ0v) is 10.3. The Morgan fingerprint density at radius 3 is 2.68 bits per heavy atom. The van der Waals surface area contributed by atoms with Crippen LogP contribution in [-0.2, 0) is 4.79 Å². The normalized spacial score (nSPS) is 17.7. The Morgan fingerprint density at radius 1 is 1.42 bits per heavy atom. The van der Waals surface area contributed by atoms with Gasteiger partial charge in [0.2, 0.25) is 0 Å². The Labute approximate surface area is 109 Å². The molecule has 1 aliphatic rings. The number of anilines is 1. The zero-order valence-electron chi connectivity index (χ0n) is 10.3. The number of hydrogen-bond donors (Lipinski definition) is 2. The van der Waals surface area contributed by atoms with Gasteiger partial charge in [-0.2, -0.15) is 0 Å². The second kappa shape index (κ2) is 5.21. The van der Waals surface area contributed by atoms with Crippen LogP contribution in [0.1, 0.15) is 32.1 Å². The monoisotopic (exact) mass is 265 g/mol. The average Bonchev–Trinajstić information content (AvgIpc) is 2.40. The summed E-state index contributed by atoms with van der Waals surface area (Å²) in [4.78, 5) is 25.6. The fraction of sp³-hybridized carbons (Fsp3) is 0.500. The van der Waals surface area contributed by atoms with Gasteiger partial charge >= 0.3 is 11.7 Å². The van der Waals surface area contributed by atoms with Crippen LogP contribution >= 0.6 is 0 Å². The van der Waals surface area contributed by atoms with Gasteiger partial charge in [-0.25, -0.2) is 4.79 Å². The van der Waals surface area contributed by atoms with Gasteiger partial charge in [0.15, 0.2) is 0 Å². The van der Waals surface area contributed by atoms with Crippen LogP contribution in [0.15, 0.2) is 18.5 Å². The van der Waals surface area contributed by atoms with Gasteiger partial charge in [-0.3, -0.25) is 15.1 Å². The lowest BCUT2D eigenvalue weighted by Gasteiger charge is -2.34. The molecule has 1 heterocycles. The highest BCUT2D eigenvalue weighted by Crippen LogP contribution is 2.34. The number of hydrogen-bond acceptors (Lipinski definition) is 5. The van der Waals surface area contributed by atoms with E-state index in [4.69, 9.17) is 0 Å². The predicted octanol–water partition coefficient (Wildman–Crippen LogP) is 2.19. The molecule has 0 radical (unpaired) electrons. The van der Waals surface area contributed by atoms with Crippen LogP contribution in [0.4, 0.5) is 11.4 Å². The molecule has 0 atom stereocenters. The molecule has 1 aromatic heterocycles. The van der Waals surface area contributed by atoms with Crippen molar-refractivity contribution in [1.82, 2.24) is 4.98 Å². The molecule has 1 fully saturated rings. The minimum Gasteiger partial charge on any atom is -0.480 e. The number of aromatic nitrogens is 1. The molecule has 1 saturated carbocycles. The zero-order chi connectivity index (χ0) is 13.9. The topological polar surface area (TPSA) is 105 Å². The Kier molecular flexibility index (Phi) is 3.64. The molecule has 0 amide bonds. The van der Waals surface area contributed by atoms with Gasteiger partial charge in [0.1, 0.15) is 17.4 Å². The fourth-order valence-corrected chi connectivity index (χ4v) is 2.44. The van der Waals surface area contributed by atoms with Crippen molar-refractivity contribution in [1.29, 1.82) is 0 Å². The van der Waals surface area contributed by atoms with E-state index in [1.54, 1.807) is 0 Å². The first-order chi connectivity index (χ1) is 9.05. The Morgan fingerprint density at radius 2 is 2.11 bits per heavy atom. The Balaban J connectivity index is 2.32. The molecule has 19 heavy (non-hydrogen) atoms. The van der Waals surface area contributed by atoms with Crippen molar-refractivity contribution < 1.29 is 14.8 Å². The van der Waals surface area contributed by atoms with Gasteiger partial charge in [0, 0.05) is 6.20 Å². The first-order valence-corrected chi connectivity index (χ1v) is 6.15. The number of aliphatic carboxylic acids is 1. The summed E-state index contributed by atoms with van der Waals surface area (Å²) in [6, 6.07) is 1.44. The van der Waals surface area contributed by atoms with E-state index in [9.17, 15) is 20.0 Å². The minimum absolute atomic E-state index is 0.200. The number of pyridine rings is 1. The lowest BCUT2D eigenvalue weighted by Crippen LogP contribution is -2.48. The van der Waals surface area contributed by atoms with Crippen molar-refractivity contribution in [3.63, 3.8) is 0 Å². The summed E-state index contributed by atoms with van der Waals surface area (Å²) in [6.07, 6.45) is 6.09. The maximum Gasteiger partial charge on any atom is 0.329 e. The first kappa shape index (κ1) is 13.3. The van der Waals surface area contributed by atoms with Crippen molar-refractivity contribution in [3.8, 4) is 0 Å². The average molecular weight is 265 g/mol. The van der Waals surface area contributed by atoms with Crippen molar-refractivity contribution in [2.24, 2.45) is 0 Å². The van der Waals surface area contributed by atoms with Crippen molar-refractivity contribution in [2.75, 3.05) is 5.32 Å². The van der Waals surface area contributed by atoms with Crippen LogP contribution in [0.5, 0.6) is 0 Å². The molecule has 7 nitrogen and oxygen atoms in total. The van der Waals surface area contributed by atoms with Gasteiger partial charge in [0.25, 0.3) is 0 Å². The molecule has 2 rings (SSSR count). The maximum atomic E-state index is 11.5. The molecule has 0 aromatic carbocycles. The second-order valence-electron chi connectivity index (χ2n) is 4.72. The standard InChI is InChI=1S/C12H15N3O4/c16-11(17)12(5-2-1-3-6-12)14-9-4-7-13-8-10(9)15(18)19/h4,7-8H,1-3,5-6H2,(H,13,14)(H,16,17). The SMILES string of the molecule is O=C(O)C1(Nc2ccncc2[N+](=O)[O-])CCCCC1. The summed E-state index contributed by atoms with van der Waals surface area (Å²) in [5, 5.41) is 23.2. The van der Waals surface area contributed by atoms with E-state index in [0.29, 0.717) is 12.8 Å². The quantitative estimate of drug-likeness (QED) is 0.638. The molecular formula is C12H15N3O4. The lowest BCUT2D eigenvalue weighted by molar-refractivity contribution is -0.384. The van der Waals surface area contributed by atoms with Crippen LogP contribution in [0, 0.1) is 10.1 Å². The number of rotatable bonds is 4. The third-order valence-electron chi connectivity index (χ3n) is 3.49. The molecule has 0 aliphatic heterocycles. The van der Waals surface area contributed by atoms with Crippen LogP contribution in [-0.4, -0.2) is 26.5 Å². The van der Waals surface area contributed by atoms with E-state index in [0.717, 1.165) is 25.5 Å². The highest BCUT2D eigenvalue weighted by atomic mass is 16.6. The third kappa shape index (κ3) is 2.64. The van der Waals surface area contributed by atoms with Gasteiger partial charge in [-0.15, -0.1) is 0 Å². The van der Waals surface area contributed by atoms with E-state index in [-0.39, 0.29) is 11.4 Å². The number of nitrogens with one attached hydrogen (secondary N) is 1. The molecule has 1 aromatic rings. The summed E-state index contributed by atoms with van der Waals surface area (Å²) >= 11 is 0. The molecule has 0 saturated heterocycles. The van der Waals surface area contributed by atoms with E-state index >= 15 is 0 Å². The van der Waals surface area contributed by atoms with Crippen molar-refractivity contribution in [3.05, 3.63) is 28.6 Å². The number of carbonyl (C=O) groups is 1. The molecule has 102 valence electrons. The van der Waals surface area contributed by atoms with E-state index in [2.05, 4.69) is 10.3 Å².